The molecule has 0 atom stereocenters. The highest BCUT2D eigenvalue weighted by molar-refractivity contribution is 7.22. The molecule has 0 aliphatic rings. The second kappa shape index (κ2) is 6.68. The lowest BCUT2D eigenvalue weighted by Crippen LogP contribution is -2.30. The van der Waals surface area contributed by atoms with Gasteiger partial charge in [-0.25, -0.2) is 14.1 Å². The van der Waals surface area contributed by atoms with Gasteiger partial charge < -0.3 is 0 Å². The minimum Gasteiger partial charge on any atom is -0.283 e. The minimum absolute atomic E-state index is 0.215. The molecule has 5 nitrogen and oxygen atoms in total. The molecule has 0 saturated heterocycles. The molecule has 0 unspecified atom stereocenters. The number of carbonyl (C=O) groups excluding carboxylic acids is 1. The van der Waals surface area contributed by atoms with Gasteiger partial charge in [0, 0.05) is 12.7 Å². The van der Waals surface area contributed by atoms with E-state index < -0.39 is 0 Å². The van der Waals surface area contributed by atoms with Gasteiger partial charge in [0.2, 0.25) is 0 Å². The zero-order chi connectivity index (χ0) is 18.1. The van der Waals surface area contributed by atoms with Crippen LogP contribution in [-0.2, 0) is 0 Å². The van der Waals surface area contributed by atoms with Crippen molar-refractivity contribution in [2.24, 2.45) is 0 Å². The summed E-state index contributed by atoms with van der Waals surface area (Å²) in [7, 11) is 0. The maximum Gasteiger partial charge on any atom is 0.280 e. The van der Waals surface area contributed by atoms with Crippen LogP contribution in [0, 0.1) is 5.82 Å². The number of anilines is 1. The molecule has 2 heterocycles. The van der Waals surface area contributed by atoms with Gasteiger partial charge in [0.05, 0.1) is 15.9 Å². The third kappa shape index (κ3) is 2.97. The van der Waals surface area contributed by atoms with Crippen LogP contribution in [-0.4, -0.2) is 27.2 Å². The van der Waals surface area contributed by atoms with E-state index in [4.69, 9.17) is 0 Å². The molecule has 0 aliphatic heterocycles. The van der Waals surface area contributed by atoms with Gasteiger partial charge in [0.15, 0.2) is 10.8 Å². The number of hydrogen-bond acceptors (Lipinski definition) is 4. The van der Waals surface area contributed by atoms with Gasteiger partial charge in [-0.3, -0.25) is 9.69 Å². The molecular weight excluding hydrogens is 351 g/mol. The monoisotopic (exact) mass is 366 g/mol. The Hall–Kier alpha value is -3.06. The summed E-state index contributed by atoms with van der Waals surface area (Å²) < 4.78 is 15.7. The van der Waals surface area contributed by atoms with Crippen molar-refractivity contribution in [3.63, 3.8) is 0 Å². The van der Waals surface area contributed by atoms with Gasteiger partial charge in [0.25, 0.3) is 5.91 Å². The molecule has 2 aromatic heterocycles. The Kier molecular flexibility index (Phi) is 4.22. The molecule has 0 aliphatic carbocycles. The average molecular weight is 366 g/mol. The van der Waals surface area contributed by atoms with Crippen molar-refractivity contribution >= 4 is 32.6 Å². The molecule has 4 aromatic rings. The van der Waals surface area contributed by atoms with Crippen LogP contribution in [0.5, 0.6) is 0 Å². The van der Waals surface area contributed by atoms with Gasteiger partial charge in [0.1, 0.15) is 5.82 Å². The second-order valence-corrected chi connectivity index (χ2v) is 6.64. The number of halogens is 1. The highest BCUT2D eigenvalue weighted by atomic mass is 32.1. The third-order valence-corrected chi connectivity index (χ3v) is 5.03. The summed E-state index contributed by atoms with van der Waals surface area (Å²) in [6.07, 6.45) is 1.69. The summed E-state index contributed by atoms with van der Waals surface area (Å²) >= 11 is 1.48. The zero-order valence-corrected chi connectivity index (χ0v) is 14.8. The summed E-state index contributed by atoms with van der Waals surface area (Å²) in [6, 6.07) is 15.4. The first-order valence-electron chi connectivity index (χ1n) is 8.15. The molecule has 0 saturated carbocycles. The summed E-state index contributed by atoms with van der Waals surface area (Å²) in [5.74, 6) is -0.530. The van der Waals surface area contributed by atoms with Gasteiger partial charge in [-0.2, -0.15) is 5.10 Å². The quantitative estimate of drug-likeness (QED) is 0.541. The van der Waals surface area contributed by atoms with Gasteiger partial charge in [-0.1, -0.05) is 23.5 Å². The molecule has 0 N–H and O–H groups in total. The fourth-order valence-electron chi connectivity index (χ4n) is 2.66. The highest BCUT2D eigenvalue weighted by Gasteiger charge is 2.22. The lowest BCUT2D eigenvalue weighted by molar-refractivity contribution is 0.0983. The first-order valence-corrected chi connectivity index (χ1v) is 8.96. The third-order valence-electron chi connectivity index (χ3n) is 3.97. The number of thiazole rings is 1. The largest absolute Gasteiger partial charge is 0.283 e. The standard InChI is InChI=1S/C19H15FN4OS/c1-2-23(19-21-15-5-3-4-6-17(15)26-19)18(25)16-11-12-24(22-16)14-9-7-13(20)8-10-14/h3-12H,2H2,1H3. The van der Waals surface area contributed by atoms with E-state index >= 15 is 0 Å². The Morgan fingerprint density at radius 3 is 2.65 bits per heavy atom. The van der Waals surface area contributed by atoms with E-state index in [1.165, 1.54) is 23.5 Å². The number of amides is 1. The molecule has 7 heteroatoms. The topological polar surface area (TPSA) is 51.0 Å². The summed E-state index contributed by atoms with van der Waals surface area (Å²) in [6.45, 7) is 2.39. The number of rotatable bonds is 4. The van der Waals surface area contributed by atoms with E-state index in [0.29, 0.717) is 23.1 Å². The number of nitrogens with zero attached hydrogens (tertiary/aromatic N) is 4. The molecule has 26 heavy (non-hydrogen) atoms. The predicted molar refractivity (Wildman–Crippen MR) is 100 cm³/mol. The fourth-order valence-corrected chi connectivity index (χ4v) is 3.68. The Morgan fingerprint density at radius 1 is 1.15 bits per heavy atom. The SMILES string of the molecule is CCN(C(=O)c1ccn(-c2ccc(F)cc2)n1)c1nc2ccccc2s1. The Morgan fingerprint density at radius 2 is 1.92 bits per heavy atom. The van der Waals surface area contributed by atoms with Crippen molar-refractivity contribution in [1.82, 2.24) is 14.8 Å². The van der Waals surface area contributed by atoms with E-state index in [0.717, 1.165) is 10.2 Å². The molecule has 0 fully saturated rings. The summed E-state index contributed by atoms with van der Waals surface area (Å²) in [5, 5.41) is 4.99. The molecule has 4 rings (SSSR count). The second-order valence-electron chi connectivity index (χ2n) is 5.64. The highest BCUT2D eigenvalue weighted by Crippen LogP contribution is 2.29. The predicted octanol–water partition coefficient (Wildman–Crippen LogP) is 4.29. The van der Waals surface area contributed by atoms with Crippen molar-refractivity contribution in [2.75, 3.05) is 11.4 Å². The fraction of sp³-hybridized carbons (Fsp3) is 0.105. The molecule has 1 amide bonds. The first-order chi connectivity index (χ1) is 12.7. The summed E-state index contributed by atoms with van der Waals surface area (Å²) in [5.41, 5.74) is 1.87. The normalized spacial score (nSPS) is 11.0. The van der Waals surface area contributed by atoms with E-state index in [2.05, 4.69) is 10.1 Å². The minimum atomic E-state index is -0.315. The van der Waals surface area contributed by atoms with Crippen LogP contribution < -0.4 is 4.90 Å². The van der Waals surface area contributed by atoms with E-state index in [-0.39, 0.29) is 11.7 Å². The van der Waals surface area contributed by atoms with E-state index in [1.807, 2.05) is 31.2 Å². The van der Waals surface area contributed by atoms with Crippen LogP contribution in [0.1, 0.15) is 17.4 Å². The van der Waals surface area contributed by atoms with Crippen LogP contribution in [0.25, 0.3) is 15.9 Å². The number of aromatic nitrogens is 3. The van der Waals surface area contributed by atoms with Gasteiger partial charge >= 0.3 is 0 Å². The molecule has 2 aromatic carbocycles. The molecule has 130 valence electrons. The molecular formula is C19H15FN4OS. The van der Waals surface area contributed by atoms with Crippen LogP contribution >= 0.6 is 11.3 Å². The summed E-state index contributed by atoms with van der Waals surface area (Å²) in [4.78, 5) is 19.1. The Balaban J connectivity index is 1.64. The van der Waals surface area contributed by atoms with Crippen molar-refractivity contribution in [3.8, 4) is 5.69 Å². The van der Waals surface area contributed by atoms with Crippen LogP contribution in [0.4, 0.5) is 9.52 Å². The number of benzene rings is 2. The number of carbonyl (C=O) groups is 1. The maximum atomic E-state index is 13.1. The molecule has 0 spiro atoms. The van der Waals surface area contributed by atoms with Crippen LogP contribution in [0.2, 0.25) is 0 Å². The van der Waals surface area contributed by atoms with Crippen LogP contribution in [0.3, 0.4) is 0 Å². The Bertz CT molecular complexity index is 1040. The average Bonchev–Trinajstić information content (AvgIpc) is 3.30. The lowest BCUT2D eigenvalue weighted by Gasteiger charge is -2.16. The molecule has 0 radical (unpaired) electrons. The smallest absolute Gasteiger partial charge is 0.280 e. The number of fused-ring (bicyclic) bond motifs is 1. The maximum absolute atomic E-state index is 13.1. The van der Waals surface area contributed by atoms with Crippen molar-refractivity contribution in [3.05, 3.63) is 72.3 Å². The van der Waals surface area contributed by atoms with Crippen molar-refractivity contribution < 1.29 is 9.18 Å². The first kappa shape index (κ1) is 16.4. The lowest BCUT2D eigenvalue weighted by atomic mass is 10.3. The van der Waals surface area contributed by atoms with E-state index in [1.54, 1.807) is 34.0 Å². The van der Waals surface area contributed by atoms with Gasteiger partial charge in [-0.15, -0.1) is 0 Å². The Labute approximate surface area is 153 Å². The van der Waals surface area contributed by atoms with Gasteiger partial charge in [-0.05, 0) is 49.4 Å². The van der Waals surface area contributed by atoms with E-state index in [9.17, 15) is 9.18 Å². The number of hydrogen-bond donors (Lipinski definition) is 0. The molecule has 0 bridgehead atoms. The number of para-hydroxylation sites is 1. The zero-order valence-electron chi connectivity index (χ0n) is 14.0. The van der Waals surface area contributed by atoms with Crippen molar-refractivity contribution in [2.45, 2.75) is 6.92 Å². The van der Waals surface area contributed by atoms with Crippen LogP contribution in [0.15, 0.2) is 60.8 Å². The van der Waals surface area contributed by atoms with Crippen molar-refractivity contribution in [1.29, 1.82) is 0 Å².